The maximum atomic E-state index is 12.9. The summed E-state index contributed by atoms with van der Waals surface area (Å²) in [5.41, 5.74) is 3.03. The van der Waals surface area contributed by atoms with Gasteiger partial charge in [0.05, 0.1) is 28.5 Å². The average Bonchev–Trinajstić information content (AvgIpc) is 3.11. The molecule has 1 fully saturated rings. The second-order valence-electron chi connectivity index (χ2n) is 8.07. The number of nitrogens with zero attached hydrogens (tertiary/aromatic N) is 2. The number of amides is 2. The lowest BCUT2D eigenvalue weighted by atomic mass is 10.1. The summed E-state index contributed by atoms with van der Waals surface area (Å²) in [4.78, 5) is 37.8. The smallest absolute Gasteiger partial charge is 0.293 e. The van der Waals surface area contributed by atoms with Crippen LogP contribution in [0.4, 0.5) is 10.5 Å². The minimum atomic E-state index is -0.447. The van der Waals surface area contributed by atoms with Crippen LogP contribution in [0.5, 0.6) is 11.5 Å². The van der Waals surface area contributed by atoms with Gasteiger partial charge in [0.25, 0.3) is 16.8 Å². The summed E-state index contributed by atoms with van der Waals surface area (Å²) < 4.78 is 11.5. The Morgan fingerprint density at radius 1 is 1.00 bits per heavy atom. The van der Waals surface area contributed by atoms with Crippen LogP contribution in [0.3, 0.4) is 0 Å². The Kier molecular flexibility index (Phi) is 7.70. The number of nitro groups is 1. The first-order valence-corrected chi connectivity index (χ1v) is 12.1. The number of nitro benzene ring substituents is 1. The zero-order valence-corrected chi connectivity index (χ0v) is 20.6. The van der Waals surface area contributed by atoms with Crippen LogP contribution in [0.15, 0.2) is 71.6 Å². The number of hydrogen-bond donors (Lipinski definition) is 0. The molecule has 1 heterocycles. The van der Waals surface area contributed by atoms with Gasteiger partial charge < -0.3 is 9.47 Å². The molecule has 0 bridgehead atoms. The Bertz CT molecular complexity index is 1350. The number of ether oxygens (including phenoxy) is 2. The van der Waals surface area contributed by atoms with Crippen molar-refractivity contribution in [2.24, 2.45) is 0 Å². The van der Waals surface area contributed by atoms with Crippen molar-refractivity contribution >= 4 is 34.7 Å². The third-order valence-electron chi connectivity index (χ3n) is 5.43. The Labute approximate surface area is 212 Å². The number of para-hydroxylation sites is 1. The van der Waals surface area contributed by atoms with Crippen LogP contribution in [-0.4, -0.2) is 27.6 Å². The molecule has 0 atom stereocenters. The number of carbonyl (C=O) groups excluding carboxylic acids is 2. The summed E-state index contributed by atoms with van der Waals surface area (Å²) in [6.07, 6.45) is 1.65. The van der Waals surface area contributed by atoms with E-state index in [9.17, 15) is 19.7 Å². The van der Waals surface area contributed by atoms with Gasteiger partial charge in [-0.15, -0.1) is 0 Å². The predicted octanol–water partition coefficient (Wildman–Crippen LogP) is 6.12. The third kappa shape index (κ3) is 5.75. The number of hydrogen-bond acceptors (Lipinski definition) is 7. The molecule has 36 heavy (non-hydrogen) atoms. The minimum Gasteiger partial charge on any atom is -0.490 e. The molecule has 0 aromatic heterocycles. The van der Waals surface area contributed by atoms with E-state index in [0.29, 0.717) is 34.1 Å². The molecule has 3 aromatic rings. The molecule has 0 N–H and O–H groups in total. The van der Waals surface area contributed by atoms with Crippen LogP contribution < -0.4 is 9.47 Å². The summed E-state index contributed by atoms with van der Waals surface area (Å²) in [7, 11) is 0. The fraction of sp³-hybridized carbons (Fsp3) is 0.185. The van der Waals surface area contributed by atoms with Gasteiger partial charge in [-0.3, -0.25) is 24.6 Å². The lowest BCUT2D eigenvalue weighted by Crippen LogP contribution is -2.27. The van der Waals surface area contributed by atoms with Gasteiger partial charge in [0, 0.05) is 6.07 Å². The number of benzene rings is 3. The fourth-order valence-corrected chi connectivity index (χ4v) is 4.59. The number of aryl methyl sites for hydroxylation is 1. The maximum Gasteiger partial charge on any atom is 0.293 e. The molecule has 8 nitrogen and oxygen atoms in total. The van der Waals surface area contributed by atoms with Crippen molar-refractivity contribution in [3.8, 4) is 11.5 Å². The number of thioether (sulfide) groups is 1. The van der Waals surface area contributed by atoms with E-state index in [-0.39, 0.29) is 30.0 Å². The van der Waals surface area contributed by atoms with Gasteiger partial charge >= 0.3 is 0 Å². The van der Waals surface area contributed by atoms with E-state index < -0.39 is 4.92 Å². The number of carbonyl (C=O) groups is 2. The van der Waals surface area contributed by atoms with Crippen molar-refractivity contribution in [2.45, 2.75) is 27.0 Å². The van der Waals surface area contributed by atoms with Gasteiger partial charge in [0.15, 0.2) is 11.5 Å². The van der Waals surface area contributed by atoms with Crippen LogP contribution in [0.25, 0.3) is 6.08 Å². The summed E-state index contributed by atoms with van der Waals surface area (Å²) in [5.74, 6) is 0.504. The highest BCUT2D eigenvalue weighted by atomic mass is 32.2. The molecule has 1 saturated heterocycles. The normalized spacial score (nSPS) is 14.4. The lowest BCUT2D eigenvalue weighted by Gasteiger charge is -2.13. The van der Waals surface area contributed by atoms with Gasteiger partial charge in [-0.25, -0.2) is 0 Å². The van der Waals surface area contributed by atoms with Crippen LogP contribution in [-0.2, 0) is 17.9 Å². The van der Waals surface area contributed by atoms with Gasteiger partial charge in [0.1, 0.15) is 6.61 Å². The molecule has 9 heteroatoms. The second kappa shape index (κ2) is 11.1. The first-order valence-electron chi connectivity index (χ1n) is 11.3. The van der Waals surface area contributed by atoms with Gasteiger partial charge in [-0.05, 0) is 61.0 Å². The topological polar surface area (TPSA) is 99.0 Å². The van der Waals surface area contributed by atoms with Gasteiger partial charge in [0.2, 0.25) is 0 Å². The molecule has 0 unspecified atom stereocenters. The van der Waals surface area contributed by atoms with E-state index in [2.05, 4.69) is 0 Å². The summed E-state index contributed by atoms with van der Waals surface area (Å²) in [6, 6.07) is 19.2. The standard InChI is InChI=1S/C27H24N2O6S/c1-3-34-24-14-19(11-12-23(24)35-17-21-9-4-5-10-22(21)29(32)33)15-25-26(30)28(27(31)36-25)16-20-8-6-7-18(2)13-20/h4-15H,3,16-17H2,1-2H3/b25-15+. The van der Waals surface area contributed by atoms with Crippen molar-refractivity contribution in [1.82, 2.24) is 4.90 Å². The van der Waals surface area contributed by atoms with Gasteiger partial charge in [-0.1, -0.05) is 48.0 Å². The maximum absolute atomic E-state index is 12.9. The molecule has 3 aromatic carbocycles. The molecule has 2 amide bonds. The van der Waals surface area contributed by atoms with Crippen molar-refractivity contribution in [3.63, 3.8) is 0 Å². The molecule has 0 aliphatic carbocycles. The molecule has 4 rings (SSSR count). The van der Waals surface area contributed by atoms with Crippen LogP contribution >= 0.6 is 11.8 Å². The van der Waals surface area contributed by atoms with E-state index in [1.165, 1.54) is 11.0 Å². The monoisotopic (exact) mass is 504 g/mol. The Morgan fingerprint density at radius 2 is 1.81 bits per heavy atom. The average molecular weight is 505 g/mol. The zero-order chi connectivity index (χ0) is 25.7. The highest BCUT2D eigenvalue weighted by Gasteiger charge is 2.35. The summed E-state index contributed by atoms with van der Waals surface area (Å²) >= 11 is 0.898. The first-order chi connectivity index (χ1) is 17.4. The molecular formula is C27H24N2O6S. The lowest BCUT2D eigenvalue weighted by molar-refractivity contribution is -0.385. The van der Waals surface area contributed by atoms with E-state index in [4.69, 9.17) is 9.47 Å². The first kappa shape index (κ1) is 25.0. The number of rotatable bonds is 9. The van der Waals surface area contributed by atoms with E-state index in [1.54, 1.807) is 42.5 Å². The highest BCUT2D eigenvalue weighted by Crippen LogP contribution is 2.36. The predicted molar refractivity (Wildman–Crippen MR) is 138 cm³/mol. The van der Waals surface area contributed by atoms with Crippen LogP contribution in [0.2, 0.25) is 0 Å². The van der Waals surface area contributed by atoms with Crippen molar-refractivity contribution in [1.29, 1.82) is 0 Å². The zero-order valence-electron chi connectivity index (χ0n) is 19.8. The summed E-state index contributed by atoms with van der Waals surface area (Å²) in [5, 5.41) is 10.9. The van der Waals surface area contributed by atoms with E-state index >= 15 is 0 Å². The van der Waals surface area contributed by atoms with Crippen LogP contribution in [0, 0.1) is 17.0 Å². The molecule has 1 aliphatic rings. The van der Waals surface area contributed by atoms with Crippen molar-refractivity contribution in [2.75, 3.05) is 6.61 Å². The molecule has 1 aliphatic heterocycles. The second-order valence-corrected chi connectivity index (χ2v) is 9.06. The Hall–Kier alpha value is -4.11. The van der Waals surface area contributed by atoms with Crippen molar-refractivity contribution < 1.29 is 24.0 Å². The number of imide groups is 1. The third-order valence-corrected chi connectivity index (χ3v) is 6.34. The van der Waals surface area contributed by atoms with E-state index in [0.717, 1.165) is 22.9 Å². The molecule has 0 saturated carbocycles. The quantitative estimate of drug-likeness (QED) is 0.197. The summed E-state index contributed by atoms with van der Waals surface area (Å²) in [6.45, 7) is 4.37. The SMILES string of the molecule is CCOc1cc(/C=C2/SC(=O)N(Cc3cccc(C)c3)C2=O)ccc1OCc1ccccc1[N+](=O)[O-]. The Morgan fingerprint density at radius 3 is 2.56 bits per heavy atom. The molecule has 0 radical (unpaired) electrons. The largest absolute Gasteiger partial charge is 0.490 e. The van der Waals surface area contributed by atoms with Crippen LogP contribution in [0.1, 0.15) is 29.2 Å². The molecule has 0 spiro atoms. The molecular weight excluding hydrogens is 480 g/mol. The minimum absolute atomic E-state index is 0.00553. The highest BCUT2D eigenvalue weighted by molar-refractivity contribution is 8.18. The molecule has 184 valence electrons. The fourth-order valence-electron chi connectivity index (χ4n) is 3.75. The van der Waals surface area contributed by atoms with Gasteiger partial charge in [-0.2, -0.15) is 0 Å². The Balaban J connectivity index is 1.52. The van der Waals surface area contributed by atoms with E-state index in [1.807, 2.05) is 38.1 Å². The van der Waals surface area contributed by atoms with Crippen molar-refractivity contribution in [3.05, 3.63) is 104 Å².